The first kappa shape index (κ1) is 23.0. The fourth-order valence-electron chi connectivity index (χ4n) is 2.89. The molecule has 2 amide bonds. The standard InChI is InChI=1S/C24H25N3O4S/c1-16(2)25-23(28)18-9-13-20(14-10-18)26-24(29)19-5-4-6-22(15-19)32(30,31)27-21-11-7-17(3)8-12-21/h4-16,27H,1-3H3,(H,25,28)(H,26,29). The molecule has 3 aromatic carbocycles. The summed E-state index contributed by atoms with van der Waals surface area (Å²) in [6, 6.07) is 19.2. The Morgan fingerprint density at radius 1 is 0.781 bits per heavy atom. The number of rotatable bonds is 7. The molecule has 7 nitrogen and oxygen atoms in total. The maximum absolute atomic E-state index is 12.7. The fourth-order valence-corrected chi connectivity index (χ4v) is 4.00. The van der Waals surface area contributed by atoms with Gasteiger partial charge in [-0.15, -0.1) is 0 Å². The highest BCUT2D eigenvalue weighted by Gasteiger charge is 2.17. The van der Waals surface area contributed by atoms with Gasteiger partial charge in [-0.25, -0.2) is 8.42 Å². The molecule has 0 aliphatic heterocycles. The van der Waals surface area contributed by atoms with Gasteiger partial charge in [0.2, 0.25) is 0 Å². The number of sulfonamides is 1. The summed E-state index contributed by atoms with van der Waals surface area (Å²) in [4.78, 5) is 24.7. The molecule has 3 rings (SSSR count). The lowest BCUT2D eigenvalue weighted by Crippen LogP contribution is -2.30. The first-order valence-corrected chi connectivity index (χ1v) is 11.5. The van der Waals surface area contributed by atoms with Crippen LogP contribution in [-0.2, 0) is 10.0 Å². The molecule has 3 aromatic rings. The summed E-state index contributed by atoms with van der Waals surface area (Å²) >= 11 is 0. The van der Waals surface area contributed by atoms with Crippen LogP contribution in [0.2, 0.25) is 0 Å². The van der Waals surface area contributed by atoms with Crippen molar-refractivity contribution in [2.75, 3.05) is 10.0 Å². The molecular formula is C24H25N3O4S. The molecule has 0 aliphatic rings. The Hall–Kier alpha value is -3.65. The van der Waals surface area contributed by atoms with Crippen molar-refractivity contribution in [1.82, 2.24) is 5.32 Å². The maximum atomic E-state index is 12.7. The molecule has 0 aromatic heterocycles. The average molecular weight is 452 g/mol. The van der Waals surface area contributed by atoms with Gasteiger partial charge in [0.15, 0.2) is 0 Å². The van der Waals surface area contributed by atoms with Crippen molar-refractivity contribution in [3.8, 4) is 0 Å². The summed E-state index contributed by atoms with van der Waals surface area (Å²) in [7, 11) is -3.85. The number of benzene rings is 3. The molecule has 0 aliphatic carbocycles. The van der Waals surface area contributed by atoms with E-state index in [4.69, 9.17) is 0 Å². The maximum Gasteiger partial charge on any atom is 0.261 e. The van der Waals surface area contributed by atoms with E-state index in [1.54, 1.807) is 48.5 Å². The minimum atomic E-state index is -3.85. The lowest BCUT2D eigenvalue weighted by molar-refractivity contribution is 0.0942. The average Bonchev–Trinajstić information content (AvgIpc) is 2.75. The smallest absolute Gasteiger partial charge is 0.261 e. The highest BCUT2D eigenvalue weighted by molar-refractivity contribution is 7.92. The Bertz CT molecular complexity index is 1220. The van der Waals surface area contributed by atoms with Crippen molar-refractivity contribution in [2.45, 2.75) is 31.7 Å². The minimum absolute atomic E-state index is 0.0194. The highest BCUT2D eigenvalue weighted by atomic mass is 32.2. The van der Waals surface area contributed by atoms with Gasteiger partial charge in [-0.05, 0) is 75.4 Å². The van der Waals surface area contributed by atoms with Gasteiger partial charge in [-0.1, -0.05) is 23.8 Å². The van der Waals surface area contributed by atoms with Crippen LogP contribution in [0.5, 0.6) is 0 Å². The molecule has 0 atom stereocenters. The van der Waals surface area contributed by atoms with Crippen molar-refractivity contribution in [3.63, 3.8) is 0 Å². The Labute approximate surface area is 187 Å². The van der Waals surface area contributed by atoms with Crippen LogP contribution < -0.4 is 15.4 Å². The number of anilines is 2. The van der Waals surface area contributed by atoms with Crippen LogP contribution in [0.1, 0.15) is 40.1 Å². The third kappa shape index (κ3) is 5.95. The lowest BCUT2D eigenvalue weighted by atomic mass is 10.1. The summed E-state index contributed by atoms with van der Waals surface area (Å²) in [6.07, 6.45) is 0. The van der Waals surface area contributed by atoms with E-state index < -0.39 is 15.9 Å². The molecule has 0 spiro atoms. The molecule has 0 bridgehead atoms. The lowest BCUT2D eigenvalue weighted by Gasteiger charge is -2.11. The Morgan fingerprint density at radius 2 is 1.41 bits per heavy atom. The van der Waals surface area contributed by atoms with Gasteiger partial charge in [0.25, 0.3) is 21.8 Å². The summed E-state index contributed by atoms with van der Waals surface area (Å²) in [6.45, 7) is 5.66. The number of nitrogens with one attached hydrogen (secondary N) is 3. The summed E-state index contributed by atoms with van der Waals surface area (Å²) < 4.78 is 27.9. The van der Waals surface area contributed by atoms with E-state index >= 15 is 0 Å². The molecule has 0 radical (unpaired) electrons. The quantitative estimate of drug-likeness (QED) is 0.501. The fraction of sp³-hybridized carbons (Fsp3) is 0.167. The number of aryl methyl sites for hydroxylation is 1. The predicted octanol–water partition coefficient (Wildman–Crippen LogP) is 4.19. The van der Waals surface area contributed by atoms with Crippen LogP contribution in [0.15, 0.2) is 77.7 Å². The van der Waals surface area contributed by atoms with Gasteiger partial charge in [0, 0.05) is 28.5 Å². The highest BCUT2D eigenvalue weighted by Crippen LogP contribution is 2.19. The van der Waals surface area contributed by atoms with Crippen LogP contribution in [0.25, 0.3) is 0 Å². The first-order valence-electron chi connectivity index (χ1n) is 10.1. The van der Waals surface area contributed by atoms with E-state index in [2.05, 4.69) is 15.4 Å². The van der Waals surface area contributed by atoms with Gasteiger partial charge in [0.05, 0.1) is 4.90 Å². The van der Waals surface area contributed by atoms with Gasteiger partial charge >= 0.3 is 0 Å². The third-order valence-electron chi connectivity index (χ3n) is 4.54. The zero-order valence-corrected chi connectivity index (χ0v) is 18.9. The van der Waals surface area contributed by atoms with E-state index in [9.17, 15) is 18.0 Å². The van der Waals surface area contributed by atoms with E-state index in [0.717, 1.165) is 5.56 Å². The van der Waals surface area contributed by atoms with Crippen molar-refractivity contribution in [2.24, 2.45) is 0 Å². The largest absolute Gasteiger partial charge is 0.350 e. The minimum Gasteiger partial charge on any atom is -0.350 e. The molecule has 0 saturated heterocycles. The number of carbonyl (C=O) groups is 2. The van der Waals surface area contributed by atoms with Gasteiger partial charge in [-0.2, -0.15) is 0 Å². The van der Waals surface area contributed by atoms with E-state index in [-0.39, 0.29) is 22.4 Å². The van der Waals surface area contributed by atoms with Crippen molar-refractivity contribution >= 4 is 33.2 Å². The number of carbonyl (C=O) groups excluding carboxylic acids is 2. The molecule has 0 heterocycles. The Morgan fingerprint density at radius 3 is 2.03 bits per heavy atom. The van der Waals surface area contributed by atoms with Crippen LogP contribution >= 0.6 is 0 Å². The van der Waals surface area contributed by atoms with E-state index in [1.165, 1.54) is 24.3 Å². The van der Waals surface area contributed by atoms with Crippen LogP contribution in [0, 0.1) is 6.92 Å². The number of hydrogen-bond acceptors (Lipinski definition) is 4. The molecule has 166 valence electrons. The molecule has 0 unspecified atom stereocenters. The van der Waals surface area contributed by atoms with Gasteiger partial charge in [-0.3, -0.25) is 14.3 Å². The van der Waals surface area contributed by atoms with Gasteiger partial charge < -0.3 is 10.6 Å². The molecule has 8 heteroatoms. The molecule has 32 heavy (non-hydrogen) atoms. The van der Waals surface area contributed by atoms with E-state index in [1.807, 2.05) is 20.8 Å². The predicted molar refractivity (Wildman–Crippen MR) is 125 cm³/mol. The first-order chi connectivity index (χ1) is 15.1. The van der Waals surface area contributed by atoms with E-state index in [0.29, 0.717) is 16.9 Å². The van der Waals surface area contributed by atoms with Crippen LogP contribution in [0.4, 0.5) is 11.4 Å². The van der Waals surface area contributed by atoms with Gasteiger partial charge in [0.1, 0.15) is 0 Å². The Kier molecular flexibility index (Phi) is 6.95. The molecule has 0 saturated carbocycles. The van der Waals surface area contributed by atoms with Crippen molar-refractivity contribution in [3.05, 3.63) is 89.5 Å². The Balaban J connectivity index is 1.72. The van der Waals surface area contributed by atoms with Crippen molar-refractivity contribution < 1.29 is 18.0 Å². The normalized spacial score (nSPS) is 11.1. The topological polar surface area (TPSA) is 104 Å². The van der Waals surface area contributed by atoms with Crippen LogP contribution in [0.3, 0.4) is 0 Å². The third-order valence-corrected chi connectivity index (χ3v) is 5.91. The monoisotopic (exact) mass is 451 g/mol. The summed E-state index contributed by atoms with van der Waals surface area (Å²) in [5, 5.41) is 5.51. The molecular weight excluding hydrogens is 426 g/mol. The summed E-state index contributed by atoms with van der Waals surface area (Å²) in [5.41, 5.74) is 2.61. The van der Waals surface area contributed by atoms with Crippen LogP contribution in [-0.4, -0.2) is 26.3 Å². The second-order valence-electron chi connectivity index (χ2n) is 7.66. The second kappa shape index (κ2) is 9.65. The number of amides is 2. The molecule has 0 fully saturated rings. The zero-order valence-electron chi connectivity index (χ0n) is 18.0. The molecule has 3 N–H and O–H groups in total. The number of hydrogen-bond donors (Lipinski definition) is 3. The second-order valence-corrected chi connectivity index (χ2v) is 9.34. The SMILES string of the molecule is Cc1ccc(NS(=O)(=O)c2cccc(C(=O)Nc3ccc(C(=O)NC(C)C)cc3)c2)cc1. The summed E-state index contributed by atoms with van der Waals surface area (Å²) in [5.74, 6) is -0.659. The zero-order chi connectivity index (χ0) is 23.3. The van der Waals surface area contributed by atoms with Crippen molar-refractivity contribution in [1.29, 1.82) is 0 Å².